The largest absolute Gasteiger partial charge is 0.385 e. The molecule has 0 amide bonds. The zero-order valence-corrected chi connectivity index (χ0v) is 17.4. The summed E-state index contributed by atoms with van der Waals surface area (Å²) < 4.78 is 10.8. The highest BCUT2D eigenvalue weighted by Crippen LogP contribution is 2.00. The van der Waals surface area contributed by atoms with Crippen LogP contribution in [0.1, 0.15) is 24.8 Å². The van der Waals surface area contributed by atoms with Gasteiger partial charge in [0.05, 0.1) is 6.61 Å². The Kier molecular flexibility index (Phi) is 14.3. The molecule has 0 heterocycles. The van der Waals surface area contributed by atoms with Crippen molar-refractivity contribution in [3.05, 3.63) is 35.9 Å². The maximum absolute atomic E-state index is 5.71. The fourth-order valence-electron chi connectivity index (χ4n) is 2.65. The third kappa shape index (κ3) is 13.2. The number of methoxy groups -OCH3 is 1. The first kappa shape index (κ1) is 23.4. The van der Waals surface area contributed by atoms with Crippen LogP contribution in [0.5, 0.6) is 0 Å². The Labute approximate surface area is 165 Å². The van der Waals surface area contributed by atoms with E-state index in [4.69, 9.17) is 9.47 Å². The molecule has 0 saturated carbocycles. The van der Waals surface area contributed by atoms with Crippen molar-refractivity contribution in [2.24, 2.45) is 4.99 Å². The maximum atomic E-state index is 5.71. The van der Waals surface area contributed by atoms with Crippen LogP contribution in [0.25, 0.3) is 0 Å². The molecule has 0 aromatic heterocycles. The molecule has 0 bridgehead atoms. The van der Waals surface area contributed by atoms with E-state index in [0.717, 1.165) is 77.6 Å². The summed E-state index contributed by atoms with van der Waals surface area (Å²) in [6.45, 7) is 6.24. The van der Waals surface area contributed by atoms with Crippen molar-refractivity contribution in [1.82, 2.24) is 15.5 Å². The number of benzene rings is 1. The quantitative estimate of drug-likeness (QED) is 0.278. The first-order chi connectivity index (χ1) is 13.3. The van der Waals surface area contributed by atoms with Gasteiger partial charge in [-0.2, -0.15) is 0 Å². The van der Waals surface area contributed by atoms with Crippen LogP contribution in [-0.4, -0.2) is 78.1 Å². The zero-order valence-electron chi connectivity index (χ0n) is 17.4. The second-order valence-corrected chi connectivity index (χ2v) is 6.63. The van der Waals surface area contributed by atoms with Crippen LogP contribution in [0.4, 0.5) is 0 Å². The van der Waals surface area contributed by atoms with Gasteiger partial charge in [-0.1, -0.05) is 30.3 Å². The number of hydrogen-bond donors (Lipinski definition) is 2. The van der Waals surface area contributed by atoms with Crippen molar-refractivity contribution in [3.63, 3.8) is 0 Å². The Morgan fingerprint density at radius 3 is 2.48 bits per heavy atom. The molecule has 0 unspecified atom stereocenters. The molecule has 0 fully saturated rings. The van der Waals surface area contributed by atoms with Gasteiger partial charge in [0.25, 0.3) is 0 Å². The molecule has 27 heavy (non-hydrogen) atoms. The van der Waals surface area contributed by atoms with Crippen LogP contribution in [-0.2, 0) is 15.9 Å². The van der Waals surface area contributed by atoms with Gasteiger partial charge in [-0.3, -0.25) is 4.99 Å². The van der Waals surface area contributed by atoms with Crippen LogP contribution in [0, 0.1) is 0 Å². The highest BCUT2D eigenvalue weighted by Gasteiger charge is 2.00. The SMILES string of the molecule is CN=C(NCCCCOCCc1ccccc1)NCCN(C)CCCOC. The molecule has 0 aliphatic heterocycles. The highest BCUT2D eigenvalue weighted by molar-refractivity contribution is 5.79. The Morgan fingerprint density at radius 2 is 1.74 bits per heavy atom. The fraction of sp³-hybridized carbons (Fsp3) is 0.667. The Morgan fingerprint density at radius 1 is 0.963 bits per heavy atom. The molecule has 1 aromatic rings. The van der Waals surface area contributed by atoms with Gasteiger partial charge in [-0.15, -0.1) is 0 Å². The first-order valence-electron chi connectivity index (χ1n) is 10.00. The molecule has 1 aromatic carbocycles. The van der Waals surface area contributed by atoms with Crippen molar-refractivity contribution in [1.29, 1.82) is 0 Å². The van der Waals surface area contributed by atoms with Crippen molar-refractivity contribution in [2.45, 2.75) is 25.7 Å². The second-order valence-electron chi connectivity index (χ2n) is 6.63. The van der Waals surface area contributed by atoms with Gasteiger partial charge in [-0.25, -0.2) is 0 Å². The minimum atomic E-state index is 0.790. The molecule has 0 aliphatic carbocycles. The number of hydrogen-bond acceptors (Lipinski definition) is 4. The number of nitrogens with zero attached hydrogens (tertiary/aromatic N) is 2. The molecule has 0 spiro atoms. The van der Waals surface area contributed by atoms with Crippen LogP contribution >= 0.6 is 0 Å². The molecule has 0 radical (unpaired) electrons. The monoisotopic (exact) mass is 378 g/mol. The lowest BCUT2D eigenvalue weighted by atomic mass is 10.2. The van der Waals surface area contributed by atoms with Crippen molar-refractivity contribution >= 4 is 5.96 Å². The zero-order chi connectivity index (χ0) is 19.6. The molecule has 6 nitrogen and oxygen atoms in total. The van der Waals surface area contributed by atoms with E-state index in [2.05, 4.69) is 51.8 Å². The highest BCUT2D eigenvalue weighted by atomic mass is 16.5. The molecule has 154 valence electrons. The van der Waals surface area contributed by atoms with E-state index in [0.29, 0.717) is 0 Å². The van der Waals surface area contributed by atoms with Crippen LogP contribution in [0.3, 0.4) is 0 Å². The van der Waals surface area contributed by atoms with Gasteiger partial charge in [0.1, 0.15) is 0 Å². The summed E-state index contributed by atoms with van der Waals surface area (Å²) >= 11 is 0. The standard InChI is InChI=1S/C21H38N4O2/c1-22-21(24-14-16-25(2)15-9-17-26-3)23-13-7-8-18-27-19-12-20-10-5-4-6-11-20/h4-6,10-11H,7-9,12-19H2,1-3H3,(H2,22,23,24). The summed E-state index contributed by atoms with van der Waals surface area (Å²) in [5, 5.41) is 6.71. The van der Waals surface area contributed by atoms with Gasteiger partial charge in [0, 0.05) is 53.6 Å². The Bertz CT molecular complexity index is 482. The van der Waals surface area contributed by atoms with Gasteiger partial charge >= 0.3 is 0 Å². The van der Waals surface area contributed by atoms with Gasteiger partial charge in [0.15, 0.2) is 5.96 Å². The van der Waals surface area contributed by atoms with Crippen molar-refractivity contribution in [2.75, 3.05) is 67.2 Å². The summed E-state index contributed by atoms with van der Waals surface area (Å²) in [5.74, 6) is 0.866. The summed E-state index contributed by atoms with van der Waals surface area (Å²) in [6.07, 6.45) is 4.17. The Hall–Kier alpha value is -1.63. The van der Waals surface area contributed by atoms with Gasteiger partial charge in [0.2, 0.25) is 0 Å². The molecule has 1 rings (SSSR count). The predicted molar refractivity (Wildman–Crippen MR) is 114 cm³/mol. The smallest absolute Gasteiger partial charge is 0.191 e. The van der Waals surface area contributed by atoms with E-state index < -0.39 is 0 Å². The minimum Gasteiger partial charge on any atom is -0.385 e. The lowest BCUT2D eigenvalue weighted by Crippen LogP contribution is -2.41. The van der Waals surface area contributed by atoms with Gasteiger partial charge in [-0.05, 0) is 38.3 Å². The molecular formula is C21H38N4O2. The number of nitrogens with one attached hydrogen (secondary N) is 2. The summed E-state index contributed by atoms with van der Waals surface area (Å²) in [4.78, 5) is 6.56. The third-order valence-electron chi connectivity index (χ3n) is 4.28. The van der Waals surface area contributed by atoms with E-state index in [-0.39, 0.29) is 0 Å². The number of aliphatic imine (C=N–C) groups is 1. The van der Waals surface area contributed by atoms with Gasteiger partial charge < -0.3 is 25.0 Å². The lowest BCUT2D eigenvalue weighted by Gasteiger charge is -2.18. The van der Waals surface area contributed by atoms with E-state index in [1.54, 1.807) is 7.11 Å². The minimum absolute atomic E-state index is 0.790. The summed E-state index contributed by atoms with van der Waals surface area (Å²) in [7, 11) is 5.68. The van der Waals surface area contributed by atoms with E-state index in [9.17, 15) is 0 Å². The lowest BCUT2D eigenvalue weighted by molar-refractivity contribution is 0.133. The average molecular weight is 379 g/mol. The normalized spacial score (nSPS) is 11.8. The molecule has 0 atom stereocenters. The number of ether oxygens (including phenoxy) is 2. The van der Waals surface area contributed by atoms with E-state index in [1.807, 2.05) is 13.1 Å². The first-order valence-corrected chi connectivity index (χ1v) is 10.00. The number of likely N-dealkylation sites (N-methyl/N-ethyl adjacent to an activating group) is 1. The summed E-state index contributed by atoms with van der Waals surface area (Å²) in [6, 6.07) is 10.5. The fourth-order valence-corrected chi connectivity index (χ4v) is 2.65. The van der Waals surface area contributed by atoms with E-state index >= 15 is 0 Å². The topological polar surface area (TPSA) is 58.1 Å². The van der Waals surface area contributed by atoms with E-state index in [1.165, 1.54) is 5.56 Å². The van der Waals surface area contributed by atoms with Crippen LogP contribution in [0.2, 0.25) is 0 Å². The number of guanidine groups is 1. The van der Waals surface area contributed by atoms with Crippen molar-refractivity contribution in [3.8, 4) is 0 Å². The summed E-state index contributed by atoms with van der Waals surface area (Å²) in [5.41, 5.74) is 1.33. The average Bonchev–Trinajstić information content (AvgIpc) is 2.69. The Balaban J connectivity index is 1.94. The molecule has 2 N–H and O–H groups in total. The molecule has 0 aliphatic rings. The second kappa shape index (κ2) is 16.5. The molecular weight excluding hydrogens is 340 g/mol. The number of rotatable bonds is 15. The predicted octanol–water partition coefficient (Wildman–Crippen LogP) is 2.16. The number of unbranched alkanes of at least 4 members (excludes halogenated alkanes) is 1. The third-order valence-corrected chi connectivity index (χ3v) is 4.28. The van der Waals surface area contributed by atoms with Crippen LogP contribution in [0.15, 0.2) is 35.3 Å². The van der Waals surface area contributed by atoms with Crippen LogP contribution < -0.4 is 10.6 Å². The van der Waals surface area contributed by atoms with Crippen molar-refractivity contribution < 1.29 is 9.47 Å². The maximum Gasteiger partial charge on any atom is 0.191 e. The molecule has 0 saturated heterocycles. The molecule has 6 heteroatoms.